The molecule has 2 aliphatic rings. The molecule has 39 heavy (non-hydrogen) atoms. The molecular formula is C28H34F4N6O. The number of likely N-dealkylation sites (N-methyl/N-ethyl adjacent to an activating group) is 1. The summed E-state index contributed by atoms with van der Waals surface area (Å²) in [6.45, 7) is 6.99. The Kier molecular flexibility index (Phi) is 7.30. The lowest BCUT2D eigenvalue weighted by atomic mass is 9.95. The van der Waals surface area contributed by atoms with Crippen LogP contribution >= 0.6 is 0 Å². The van der Waals surface area contributed by atoms with Gasteiger partial charge in [-0.3, -0.25) is 0 Å². The van der Waals surface area contributed by atoms with Crippen LogP contribution in [0.1, 0.15) is 55.7 Å². The molecular weight excluding hydrogens is 512 g/mol. The first kappa shape index (κ1) is 27.4. The van der Waals surface area contributed by atoms with Gasteiger partial charge in [-0.1, -0.05) is 0 Å². The fourth-order valence-corrected chi connectivity index (χ4v) is 5.90. The predicted octanol–water partition coefficient (Wildman–Crippen LogP) is 5.90. The second kappa shape index (κ2) is 10.4. The standard InChI is InChI=1S/C28H34F4N6O/c1-15-12-19-24(23(29)21(15)25-22(28(30,31)32)16(2)13-20(33)34-25)35-27(39-14-18-9-7-10-37(18)4)36-26(19)38-11-6-5-8-17(38)3/h12-13,17-18H,5-11,14H2,1-4H3,(H2,33,34)/t17-,18-/m0/s1. The first-order valence-corrected chi connectivity index (χ1v) is 13.4. The van der Waals surface area contributed by atoms with Gasteiger partial charge in [0.25, 0.3) is 0 Å². The summed E-state index contributed by atoms with van der Waals surface area (Å²) < 4.78 is 64.9. The van der Waals surface area contributed by atoms with Gasteiger partial charge in [-0.05, 0) is 89.7 Å². The van der Waals surface area contributed by atoms with Crippen molar-refractivity contribution in [2.75, 3.05) is 37.4 Å². The highest BCUT2D eigenvalue weighted by Crippen LogP contribution is 2.43. The zero-order valence-corrected chi connectivity index (χ0v) is 22.7. The summed E-state index contributed by atoms with van der Waals surface area (Å²) in [5.74, 6) is -0.489. The van der Waals surface area contributed by atoms with E-state index in [-0.39, 0.29) is 40.6 Å². The minimum atomic E-state index is -4.75. The molecule has 2 atom stereocenters. The van der Waals surface area contributed by atoms with Gasteiger partial charge in [-0.15, -0.1) is 0 Å². The monoisotopic (exact) mass is 546 g/mol. The number of likely N-dealkylation sites (tertiary alicyclic amines) is 1. The number of hydrogen-bond donors (Lipinski definition) is 1. The van der Waals surface area contributed by atoms with E-state index in [1.165, 1.54) is 6.92 Å². The van der Waals surface area contributed by atoms with Crippen LogP contribution in [-0.4, -0.2) is 58.7 Å². The van der Waals surface area contributed by atoms with Crippen molar-refractivity contribution < 1.29 is 22.3 Å². The van der Waals surface area contributed by atoms with Gasteiger partial charge in [-0.25, -0.2) is 9.37 Å². The van der Waals surface area contributed by atoms with Crippen LogP contribution in [0.4, 0.5) is 29.2 Å². The molecule has 4 heterocycles. The molecule has 0 unspecified atom stereocenters. The maximum Gasteiger partial charge on any atom is 0.418 e. The third kappa shape index (κ3) is 5.20. The molecule has 7 nitrogen and oxygen atoms in total. The van der Waals surface area contributed by atoms with Crippen molar-refractivity contribution in [2.45, 2.75) is 71.1 Å². The van der Waals surface area contributed by atoms with Crippen LogP contribution in [-0.2, 0) is 6.18 Å². The lowest BCUT2D eigenvalue weighted by Gasteiger charge is -2.35. The van der Waals surface area contributed by atoms with Crippen LogP contribution in [0, 0.1) is 19.7 Å². The number of nitrogen functional groups attached to an aromatic ring is 1. The van der Waals surface area contributed by atoms with Gasteiger partial charge < -0.3 is 20.3 Å². The van der Waals surface area contributed by atoms with E-state index in [9.17, 15) is 13.2 Å². The van der Waals surface area contributed by atoms with Crippen LogP contribution in [0.15, 0.2) is 12.1 Å². The molecule has 3 aromatic rings. The summed E-state index contributed by atoms with van der Waals surface area (Å²) in [6.07, 6.45) is 0.269. The molecule has 2 N–H and O–H groups in total. The first-order valence-electron chi connectivity index (χ1n) is 13.4. The summed E-state index contributed by atoms with van der Waals surface area (Å²) in [6, 6.07) is 3.15. The number of anilines is 2. The van der Waals surface area contributed by atoms with Gasteiger partial charge in [0.15, 0.2) is 5.82 Å². The third-order valence-electron chi connectivity index (χ3n) is 8.00. The minimum Gasteiger partial charge on any atom is -0.462 e. The maximum atomic E-state index is 16.5. The van der Waals surface area contributed by atoms with Crippen molar-refractivity contribution in [3.8, 4) is 17.3 Å². The Balaban J connectivity index is 1.71. The van der Waals surface area contributed by atoms with E-state index in [1.54, 1.807) is 13.0 Å². The van der Waals surface area contributed by atoms with E-state index in [1.807, 2.05) is 7.05 Å². The molecule has 2 fully saturated rings. The molecule has 0 radical (unpaired) electrons. The summed E-state index contributed by atoms with van der Waals surface area (Å²) in [7, 11) is 2.02. The van der Waals surface area contributed by atoms with Crippen molar-refractivity contribution in [1.82, 2.24) is 19.9 Å². The molecule has 0 amide bonds. The van der Waals surface area contributed by atoms with Gasteiger partial charge in [0.1, 0.15) is 23.8 Å². The van der Waals surface area contributed by atoms with Crippen molar-refractivity contribution in [3.05, 3.63) is 34.6 Å². The van der Waals surface area contributed by atoms with E-state index in [0.717, 1.165) is 51.3 Å². The number of piperidine rings is 1. The van der Waals surface area contributed by atoms with Crippen LogP contribution < -0.4 is 15.4 Å². The second-order valence-electron chi connectivity index (χ2n) is 10.8. The summed E-state index contributed by atoms with van der Waals surface area (Å²) in [4.78, 5) is 17.4. The van der Waals surface area contributed by atoms with E-state index in [0.29, 0.717) is 23.4 Å². The zero-order chi connectivity index (χ0) is 28.1. The predicted molar refractivity (Wildman–Crippen MR) is 143 cm³/mol. The molecule has 0 bridgehead atoms. The molecule has 0 saturated carbocycles. The maximum absolute atomic E-state index is 16.5. The number of halogens is 4. The molecule has 2 aromatic heterocycles. The number of ether oxygens (including phenoxy) is 1. The Bertz CT molecular complexity index is 1400. The van der Waals surface area contributed by atoms with Crippen molar-refractivity contribution in [3.63, 3.8) is 0 Å². The van der Waals surface area contributed by atoms with Crippen molar-refractivity contribution >= 4 is 22.5 Å². The summed E-state index contributed by atoms with van der Waals surface area (Å²) in [5.41, 5.74) is 4.07. The number of alkyl halides is 3. The zero-order valence-electron chi connectivity index (χ0n) is 22.7. The van der Waals surface area contributed by atoms with Crippen molar-refractivity contribution in [1.29, 1.82) is 0 Å². The highest BCUT2D eigenvalue weighted by atomic mass is 19.4. The van der Waals surface area contributed by atoms with Gasteiger partial charge in [0, 0.05) is 29.6 Å². The van der Waals surface area contributed by atoms with Crippen LogP contribution in [0.3, 0.4) is 0 Å². The van der Waals surface area contributed by atoms with Gasteiger partial charge in [-0.2, -0.15) is 23.1 Å². The molecule has 5 rings (SSSR count). The van der Waals surface area contributed by atoms with Crippen LogP contribution in [0.5, 0.6) is 6.01 Å². The fourth-order valence-electron chi connectivity index (χ4n) is 5.90. The molecule has 2 aliphatic heterocycles. The highest BCUT2D eigenvalue weighted by Gasteiger charge is 2.38. The summed E-state index contributed by atoms with van der Waals surface area (Å²) in [5, 5.41) is 0.432. The van der Waals surface area contributed by atoms with E-state index >= 15 is 4.39 Å². The average Bonchev–Trinajstić information content (AvgIpc) is 3.26. The molecule has 210 valence electrons. The molecule has 1 aromatic carbocycles. The number of nitrogens with two attached hydrogens (primary N) is 1. The molecule has 0 spiro atoms. The number of rotatable bonds is 5. The average molecular weight is 547 g/mol. The van der Waals surface area contributed by atoms with E-state index in [2.05, 4.69) is 26.7 Å². The number of nitrogens with zero attached hydrogens (tertiary/aromatic N) is 5. The normalized spacial score (nSPS) is 20.7. The molecule has 2 saturated heterocycles. The van der Waals surface area contributed by atoms with Gasteiger partial charge in [0.05, 0.1) is 11.3 Å². The molecule has 11 heteroatoms. The second-order valence-corrected chi connectivity index (χ2v) is 10.8. The van der Waals surface area contributed by atoms with Crippen LogP contribution in [0.2, 0.25) is 0 Å². The smallest absolute Gasteiger partial charge is 0.418 e. The first-order chi connectivity index (χ1) is 18.5. The highest BCUT2D eigenvalue weighted by molar-refractivity contribution is 5.95. The van der Waals surface area contributed by atoms with Gasteiger partial charge >= 0.3 is 12.2 Å². The van der Waals surface area contributed by atoms with E-state index in [4.69, 9.17) is 15.5 Å². The third-order valence-corrected chi connectivity index (χ3v) is 8.00. The lowest BCUT2D eigenvalue weighted by molar-refractivity contribution is -0.137. The summed E-state index contributed by atoms with van der Waals surface area (Å²) >= 11 is 0. The van der Waals surface area contributed by atoms with Crippen LogP contribution in [0.25, 0.3) is 22.2 Å². The van der Waals surface area contributed by atoms with Gasteiger partial charge in [0.2, 0.25) is 0 Å². The lowest BCUT2D eigenvalue weighted by Crippen LogP contribution is -2.38. The Morgan fingerprint density at radius 2 is 1.79 bits per heavy atom. The Morgan fingerprint density at radius 1 is 1.03 bits per heavy atom. The number of pyridine rings is 1. The quantitative estimate of drug-likeness (QED) is 0.399. The number of benzene rings is 1. The number of fused-ring (bicyclic) bond motifs is 1. The Labute approximate surface area is 225 Å². The minimum absolute atomic E-state index is 0.0111. The van der Waals surface area contributed by atoms with E-state index < -0.39 is 23.3 Å². The van der Waals surface area contributed by atoms with Crippen molar-refractivity contribution in [2.24, 2.45) is 0 Å². The number of aromatic nitrogens is 3. The number of aryl methyl sites for hydroxylation is 2. The topological polar surface area (TPSA) is 80.4 Å². The molecule has 0 aliphatic carbocycles. The SMILES string of the molecule is Cc1cc2c(N3CCCC[C@@H]3C)nc(OC[C@@H]3CCCN3C)nc2c(F)c1-c1nc(N)cc(C)c1C(F)(F)F. The fraction of sp³-hybridized carbons (Fsp3) is 0.536. The Morgan fingerprint density at radius 3 is 2.46 bits per heavy atom. The Hall–Kier alpha value is -3.21. The number of hydrogen-bond acceptors (Lipinski definition) is 7. The largest absolute Gasteiger partial charge is 0.462 e.